The molecule has 1 aromatic carbocycles. The van der Waals surface area contributed by atoms with Crippen LogP contribution in [0.15, 0.2) is 46.7 Å². The van der Waals surface area contributed by atoms with Gasteiger partial charge in [0.05, 0.1) is 5.69 Å². The molecular weight excluding hydrogens is 340 g/mol. The van der Waals surface area contributed by atoms with Crippen LogP contribution in [0, 0.1) is 0 Å². The van der Waals surface area contributed by atoms with Crippen molar-refractivity contribution in [1.29, 1.82) is 0 Å². The molecule has 0 aliphatic carbocycles. The first-order valence-electron chi connectivity index (χ1n) is 6.25. The van der Waals surface area contributed by atoms with Gasteiger partial charge in [0.1, 0.15) is 5.57 Å². The molecule has 2 heterocycles. The second-order valence-electron chi connectivity index (χ2n) is 4.49. The Labute approximate surface area is 141 Å². The fraction of sp³-hybridized carbons (Fsp3) is 0. The zero-order valence-electron chi connectivity index (χ0n) is 11.1. The smallest absolute Gasteiger partial charge is 0.270 e. The number of thiocarbonyl (C=S) groups is 1. The van der Waals surface area contributed by atoms with E-state index in [-0.39, 0.29) is 10.7 Å². The van der Waals surface area contributed by atoms with Crippen LogP contribution in [0.5, 0.6) is 0 Å². The summed E-state index contributed by atoms with van der Waals surface area (Å²) in [6.07, 6.45) is 1.55. The minimum Gasteiger partial charge on any atom is -0.298 e. The van der Waals surface area contributed by atoms with E-state index >= 15 is 0 Å². The summed E-state index contributed by atoms with van der Waals surface area (Å²) < 4.78 is 0. The van der Waals surface area contributed by atoms with Crippen LogP contribution >= 0.6 is 35.2 Å². The largest absolute Gasteiger partial charge is 0.298 e. The maximum Gasteiger partial charge on any atom is 0.270 e. The zero-order chi connectivity index (χ0) is 15.7. The lowest BCUT2D eigenvalue weighted by Crippen LogP contribution is -2.54. The lowest BCUT2D eigenvalue weighted by atomic mass is 10.1. The van der Waals surface area contributed by atoms with Crippen LogP contribution in [0.25, 0.3) is 6.08 Å². The van der Waals surface area contributed by atoms with E-state index in [0.717, 1.165) is 5.56 Å². The van der Waals surface area contributed by atoms with Crippen molar-refractivity contribution in [1.82, 2.24) is 5.32 Å². The summed E-state index contributed by atoms with van der Waals surface area (Å²) in [5.41, 5.74) is 1.39. The van der Waals surface area contributed by atoms with Gasteiger partial charge in [-0.3, -0.25) is 19.8 Å². The monoisotopic (exact) mass is 348 g/mol. The zero-order valence-corrected chi connectivity index (χ0v) is 13.5. The van der Waals surface area contributed by atoms with E-state index in [0.29, 0.717) is 10.7 Å². The third-order valence-corrected chi connectivity index (χ3v) is 4.28. The Kier molecular flexibility index (Phi) is 4.06. The van der Waals surface area contributed by atoms with E-state index in [1.165, 1.54) is 16.2 Å². The van der Waals surface area contributed by atoms with Crippen LogP contribution in [0.1, 0.15) is 5.56 Å². The van der Waals surface area contributed by atoms with Crippen molar-refractivity contribution in [2.45, 2.75) is 0 Å². The van der Waals surface area contributed by atoms with E-state index < -0.39 is 11.8 Å². The predicted molar refractivity (Wildman–Crippen MR) is 92.0 cm³/mol. The number of thiophene rings is 1. The molecule has 2 aromatic rings. The Bertz CT molecular complexity index is 782. The summed E-state index contributed by atoms with van der Waals surface area (Å²) in [7, 11) is 0. The Morgan fingerprint density at radius 2 is 1.91 bits per heavy atom. The lowest BCUT2D eigenvalue weighted by molar-refractivity contribution is -0.122. The Hall–Kier alpha value is -2.02. The summed E-state index contributed by atoms with van der Waals surface area (Å²) in [5.74, 6) is -0.950. The average Bonchev–Trinajstić information content (AvgIpc) is 2.98. The van der Waals surface area contributed by atoms with Gasteiger partial charge in [0.15, 0.2) is 5.11 Å². The van der Waals surface area contributed by atoms with Gasteiger partial charge in [-0.25, -0.2) is 0 Å². The summed E-state index contributed by atoms with van der Waals surface area (Å²) >= 11 is 12.5. The van der Waals surface area contributed by atoms with Crippen molar-refractivity contribution < 1.29 is 9.59 Å². The fourth-order valence-electron chi connectivity index (χ4n) is 2.01. The molecule has 2 amide bonds. The van der Waals surface area contributed by atoms with Crippen LogP contribution in [-0.4, -0.2) is 16.9 Å². The Morgan fingerprint density at radius 1 is 1.18 bits per heavy atom. The molecule has 1 aliphatic heterocycles. The number of anilines is 1. The number of rotatable bonds is 2. The molecule has 4 nitrogen and oxygen atoms in total. The number of benzene rings is 1. The molecule has 1 saturated heterocycles. The SMILES string of the molecule is O=C1NC(=S)N(c2ccc(Cl)cc2)C(=O)/C1=C\c1ccsc1. The first-order chi connectivity index (χ1) is 10.6. The number of hydrogen-bond acceptors (Lipinski definition) is 4. The highest BCUT2D eigenvalue weighted by Crippen LogP contribution is 2.23. The van der Waals surface area contributed by atoms with Gasteiger partial charge in [0.25, 0.3) is 11.8 Å². The first kappa shape index (κ1) is 14.9. The fourth-order valence-corrected chi connectivity index (χ4v) is 3.03. The number of halogens is 1. The maximum atomic E-state index is 12.6. The van der Waals surface area contributed by atoms with Crippen molar-refractivity contribution >= 4 is 63.8 Å². The van der Waals surface area contributed by atoms with Crippen molar-refractivity contribution in [3.63, 3.8) is 0 Å². The van der Waals surface area contributed by atoms with Gasteiger partial charge in [0.2, 0.25) is 0 Å². The second kappa shape index (κ2) is 6.00. The van der Waals surface area contributed by atoms with Crippen LogP contribution in [0.2, 0.25) is 5.02 Å². The summed E-state index contributed by atoms with van der Waals surface area (Å²) in [5, 5.41) is 6.87. The van der Waals surface area contributed by atoms with Gasteiger partial charge in [-0.05, 0) is 64.9 Å². The molecule has 1 aliphatic rings. The molecule has 3 rings (SSSR count). The molecule has 0 saturated carbocycles. The molecule has 0 atom stereocenters. The van der Waals surface area contributed by atoms with E-state index in [9.17, 15) is 9.59 Å². The van der Waals surface area contributed by atoms with Crippen LogP contribution in [-0.2, 0) is 9.59 Å². The molecule has 22 heavy (non-hydrogen) atoms. The van der Waals surface area contributed by atoms with Crippen LogP contribution in [0.4, 0.5) is 5.69 Å². The van der Waals surface area contributed by atoms with Crippen LogP contribution in [0.3, 0.4) is 0 Å². The third-order valence-electron chi connectivity index (χ3n) is 3.04. The predicted octanol–water partition coefficient (Wildman–Crippen LogP) is 3.23. The number of amides is 2. The normalized spacial score (nSPS) is 17.0. The standard InChI is InChI=1S/C15H9ClN2O2S2/c16-10-1-3-11(4-2-10)18-14(20)12(13(19)17-15(18)21)7-9-5-6-22-8-9/h1-8H,(H,17,19,21)/b12-7-. The Morgan fingerprint density at radius 3 is 2.55 bits per heavy atom. The van der Waals surface area contributed by atoms with Gasteiger partial charge in [0, 0.05) is 5.02 Å². The quantitative estimate of drug-likeness (QED) is 0.515. The Balaban J connectivity index is 2.01. The molecule has 0 spiro atoms. The van der Waals surface area contributed by atoms with E-state index in [1.54, 1.807) is 30.3 Å². The molecule has 0 unspecified atom stereocenters. The van der Waals surface area contributed by atoms with Gasteiger partial charge in [-0.15, -0.1) is 0 Å². The highest BCUT2D eigenvalue weighted by Gasteiger charge is 2.34. The first-order valence-corrected chi connectivity index (χ1v) is 7.98. The molecule has 1 N–H and O–H groups in total. The number of nitrogens with zero attached hydrogens (tertiary/aromatic N) is 1. The summed E-state index contributed by atoms with van der Waals surface area (Å²) in [6, 6.07) is 8.49. The van der Waals surface area contributed by atoms with Crippen molar-refractivity contribution in [2.24, 2.45) is 0 Å². The molecule has 110 valence electrons. The number of nitrogens with one attached hydrogen (secondary N) is 1. The molecule has 0 bridgehead atoms. The number of hydrogen-bond donors (Lipinski definition) is 1. The summed E-state index contributed by atoms with van der Waals surface area (Å²) in [4.78, 5) is 26.0. The topological polar surface area (TPSA) is 49.4 Å². The lowest BCUT2D eigenvalue weighted by Gasteiger charge is -2.28. The molecule has 7 heteroatoms. The number of carbonyl (C=O) groups excluding carboxylic acids is 2. The maximum absolute atomic E-state index is 12.6. The third kappa shape index (κ3) is 2.81. The van der Waals surface area contributed by atoms with Gasteiger partial charge in [-0.2, -0.15) is 11.3 Å². The molecule has 1 aromatic heterocycles. The van der Waals surface area contributed by atoms with Crippen LogP contribution < -0.4 is 10.2 Å². The van der Waals surface area contributed by atoms with Crippen molar-refractivity contribution in [2.75, 3.05) is 4.90 Å². The molecule has 1 fully saturated rings. The highest BCUT2D eigenvalue weighted by molar-refractivity contribution is 7.80. The highest BCUT2D eigenvalue weighted by atomic mass is 35.5. The molecular formula is C15H9ClN2O2S2. The number of carbonyl (C=O) groups is 2. The minimum absolute atomic E-state index is 0.0435. The average molecular weight is 349 g/mol. The van der Waals surface area contributed by atoms with E-state index in [4.69, 9.17) is 23.8 Å². The van der Waals surface area contributed by atoms with Gasteiger partial charge >= 0.3 is 0 Å². The van der Waals surface area contributed by atoms with Crippen molar-refractivity contribution in [3.05, 3.63) is 57.3 Å². The summed E-state index contributed by atoms with van der Waals surface area (Å²) in [6.45, 7) is 0. The molecule has 0 radical (unpaired) electrons. The second-order valence-corrected chi connectivity index (χ2v) is 6.09. The van der Waals surface area contributed by atoms with Crippen molar-refractivity contribution in [3.8, 4) is 0 Å². The van der Waals surface area contributed by atoms with E-state index in [2.05, 4.69) is 5.32 Å². The van der Waals surface area contributed by atoms with Gasteiger partial charge < -0.3 is 0 Å². The minimum atomic E-state index is -0.494. The van der Waals surface area contributed by atoms with E-state index in [1.807, 2.05) is 16.8 Å². The van der Waals surface area contributed by atoms with Gasteiger partial charge in [-0.1, -0.05) is 11.6 Å².